The number of morpholine rings is 1. The molecule has 0 radical (unpaired) electrons. The number of anilines is 3. The minimum Gasteiger partial charge on any atom is -0.371 e. The van der Waals surface area contributed by atoms with Crippen LogP contribution in [0.15, 0.2) is 55.0 Å². The van der Waals surface area contributed by atoms with Crippen LogP contribution in [0.4, 0.5) is 22.0 Å². The maximum Gasteiger partial charge on any atom is 0.323 e. The highest BCUT2D eigenvalue weighted by molar-refractivity contribution is 5.99. The summed E-state index contributed by atoms with van der Waals surface area (Å²) in [5.41, 5.74) is 3.12. The highest BCUT2D eigenvalue weighted by Crippen LogP contribution is 2.37. The number of carbonyl (C=O) groups excluding carboxylic acids is 1. The van der Waals surface area contributed by atoms with Crippen molar-refractivity contribution in [1.82, 2.24) is 29.6 Å². The van der Waals surface area contributed by atoms with Crippen molar-refractivity contribution in [2.45, 2.75) is 75.7 Å². The van der Waals surface area contributed by atoms with Crippen LogP contribution in [0.2, 0.25) is 0 Å². The van der Waals surface area contributed by atoms with Crippen molar-refractivity contribution < 1.29 is 9.53 Å². The fourth-order valence-corrected chi connectivity index (χ4v) is 7.54. The molecule has 4 aliphatic rings. The molecular weight excluding hydrogens is 554 g/mol. The quantitative estimate of drug-likeness (QED) is 0.302. The Kier molecular flexibility index (Phi) is 7.35. The standard InChI is InChI=1S/C33H39N9O2/c43-33(37-24-4-3-15-34-18-24)36-23-7-5-22(6-8-23)30-38-31(41-20-27-13-14-28(21-41)44-27)29-19-35-42(32(29)39-30)26-11-9-25(10-12-26)40-16-1-2-17-40/h3-8,15,18-19,25-28H,1-2,9-14,16-17,20-21H2,(H2,36,37,43). The summed E-state index contributed by atoms with van der Waals surface area (Å²) in [6.07, 6.45) is 15.3. The highest BCUT2D eigenvalue weighted by Gasteiger charge is 2.36. The molecule has 3 aromatic heterocycles. The largest absolute Gasteiger partial charge is 0.371 e. The van der Waals surface area contributed by atoms with E-state index >= 15 is 0 Å². The van der Waals surface area contributed by atoms with Crippen molar-refractivity contribution in [2.24, 2.45) is 0 Å². The Bertz CT molecular complexity index is 1600. The third-order valence-electron chi connectivity index (χ3n) is 9.77. The maximum absolute atomic E-state index is 12.5. The van der Waals surface area contributed by atoms with Gasteiger partial charge in [-0.2, -0.15) is 5.10 Å². The topological polar surface area (TPSA) is 113 Å². The van der Waals surface area contributed by atoms with Gasteiger partial charge in [0.25, 0.3) is 0 Å². The number of benzene rings is 1. The number of ether oxygens (including phenoxy) is 1. The zero-order valence-corrected chi connectivity index (χ0v) is 24.9. The molecular formula is C33H39N9O2. The van der Waals surface area contributed by atoms with Crippen LogP contribution in [0, 0.1) is 0 Å². The number of aromatic nitrogens is 5. The molecule has 6 heterocycles. The molecule has 4 aromatic rings. The van der Waals surface area contributed by atoms with E-state index in [0.29, 0.717) is 29.3 Å². The third-order valence-corrected chi connectivity index (χ3v) is 9.77. The maximum atomic E-state index is 12.5. The number of likely N-dealkylation sites (tertiary alicyclic amines) is 1. The van der Waals surface area contributed by atoms with Gasteiger partial charge in [-0.3, -0.25) is 4.98 Å². The van der Waals surface area contributed by atoms with E-state index in [4.69, 9.17) is 19.8 Å². The summed E-state index contributed by atoms with van der Waals surface area (Å²) in [6, 6.07) is 12.0. The zero-order chi connectivity index (χ0) is 29.5. The third kappa shape index (κ3) is 5.50. The van der Waals surface area contributed by atoms with Crippen molar-refractivity contribution in [2.75, 3.05) is 41.7 Å². The van der Waals surface area contributed by atoms with Crippen molar-refractivity contribution in [3.8, 4) is 11.4 Å². The molecule has 11 nitrogen and oxygen atoms in total. The van der Waals surface area contributed by atoms with E-state index in [1.54, 1.807) is 24.5 Å². The highest BCUT2D eigenvalue weighted by atomic mass is 16.5. The molecule has 2 bridgehead atoms. The summed E-state index contributed by atoms with van der Waals surface area (Å²) in [5, 5.41) is 11.7. The Morgan fingerprint density at radius 3 is 2.27 bits per heavy atom. The molecule has 1 aromatic carbocycles. The molecule has 3 saturated heterocycles. The average Bonchev–Trinajstić information content (AvgIpc) is 3.82. The van der Waals surface area contributed by atoms with Gasteiger partial charge in [-0.25, -0.2) is 19.4 Å². The van der Waals surface area contributed by atoms with E-state index in [9.17, 15) is 4.79 Å². The molecule has 0 spiro atoms. The van der Waals surface area contributed by atoms with Crippen molar-refractivity contribution in [1.29, 1.82) is 0 Å². The van der Waals surface area contributed by atoms with Gasteiger partial charge in [0.2, 0.25) is 0 Å². The first kappa shape index (κ1) is 27.5. The number of rotatable bonds is 6. The molecule has 4 fully saturated rings. The SMILES string of the molecule is O=C(Nc1ccc(-c2nc(N3CC4CCC(C3)O4)c3cnn(C4CCC(N5CCCC5)CC4)c3n2)cc1)Nc1cccnc1. The van der Waals surface area contributed by atoms with Crippen molar-refractivity contribution in [3.63, 3.8) is 0 Å². The number of urea groups is 1. The van der Waals surface area contributed by atoms with Gasteiger partial charge < -0.3 is 25.2 Å². The lowest BCUT2D eigenvalue weighted by molar-refractivity contribution is 0.0303. The second kappa shape index (κ2) is 11.8. The fraction of sp³-hybridized carbons (Fsp3) is 0.485. The molecule has 2 atom stereocenters. The summed E-state index contributed by atoms with van der Waals surface area (Å²) in [7, 11) is 0. The van der Waals surface area contributed by atoms with Crippen LogP contribution in [-0.2, 0) is 4.74 Å². The van der Waals surface area contributed by atoms with E-state index in [1.807, 2.05) is 30.5 Å². The number of nitrogens with zero attached hydrogens (tertiary/aromatic N) is 7. The number of hydrogen-bond acceptors (Lipinski definition) is 8. The van der Waals surface area contributed by atoms with E-state index < -0.39 is 0 Å². The van der Waals surface area contributed by atoms with Gasteiger partial charge in [-0.05, 0) is 101 Å². The molecule has 228 valence electrons. The number of carbonyl (C=O) groups is 1. The van der Waals surface area contributed by atoms with Crippen LogP contribution in [0.25, 0.3) is 22.4 Å². The molecule has 3 aliphatic heterocycles. The second-order valence-electron chi connectivity index (χ2n) is 12.7. The fourth-order valence-electron chi connectivity index (χ4n) is 7.54. The van der Waals surface area contributed by atoms with Gasteiger partial charge in [0, 0.05) is 36.6 Å². The molecule has 1 saturated carbocycles. The van der Waals surface area contributed by atoms with Crippen LogP contribution in [0.1, 0.15) is 57.4 Å². The molecule has 2 N–H and O–H groups in total. The van der Waals surface area contributed by atoms with E-state index in [1.165, 1.54) is 38.8 Å². The number of pyridine rings is 1. The Labute approximate surface area is 257 Å². The Morgan fingerprint density at radius 2 is 1.55 bits per heavy atom. The monoisotopic (exact) mass is 593 g/mol. The molecule has 44 heavy (non-hydrogen) atoms. The van der Waals surface area contributed by atoms with Gasteiger partial charge in [-0.1, -0.05) is 0 Å². The first-order valence-electron chi connectivity index (χ1n) is 16.1. The molecule has 11 heteroatoms. The van der Waals surface area contributed by atoms with Crippen molar-refractivity contribution >= 4 is 34.3 Å². The van der Waals surface area contributed by atoms with Gasteiger partial charge in [0.15, 0.2) is 11.5 Å². The van der Waals surface area contributed by atoms with Crippen LogP contribution >= 0.6 is 0 Å². The molecule has 2 unspecified atom stereocenters. The van der Waals surface area contributed by atoms with Gasteiger partial charge >= 0.3 is 6.03 Å². The smallest absolute Gasteiger partial charge is 0.323 e. The minimum atomic E-state index is -0.323. The summed E-state index contributed by atoms with van der Waals surface area (Å²) >= 11 is 0. The van der Waals surface area contributed by atoms with Crippen molar-refractivity contribution in [3.05, 3.63) is 55.0 Å². The Hall–Kier alpha value is -4.09. The molecule has 8 rings (SSSR count). The number of amides is 2. The predicted octanol–water partition coefficient (Wildman–Crippen LogP) is 5.48. The lowest BCUT2D eigenvalue weighted by Gasteiger charge is -2.35. The average molecular weight is 594 g/mol. The lowest BCUT2D eigenvalue weighted by Crippen LogP contribution is -2.43. The lowest BCUT2D eigenvalue weighted by atomic mass is 9.90. The number of nitrogens with one attached hydrogen (secondary N) is 2. The van der Waals surface area contributed by atoms with Crippen LogP contribution in [0.3, 0.4) is 0 Å². The van der Waals surface area contributed by atoms with Gasteiger partial charge in [-0.15, -0.1) is 0 Å². The van der Waals surface area contributed by atoms with Gasteiger partial charge in [0.05, 0.1) is 41.7 Å². The molecule has 1 aliphatic carbocycles. The van der Waals surface area contributed by atoms with E-state index in [-0.39, 0.29) is 18.2 Å². The number of fused-ring (bicyclic) bond motifs is 3. The predicted molar refractivity (Wildman–Crippen MR) is 170 cm³/mol. The minimum absolute atomic E-state index is 0.251. The van der Waals surface area contributed by atoms with Crippen LogP contribution < -0.4 is 15.5 Å². The molecule has 2 amide bonds. The first-order valence-corrected chi connectivity index (χ1v) is 16.1. The van der Waals surface area contributed by atoms with Gasteiger partial charge in [0.1, 0.15) is 5.82 Å². The van der Waals surface area contributed by atoms with Crippen LogP contribution in [-0.4, -0.2) is 80.1 Å². The Morgan fingerprint density at radius 1 is 0.818 bits per heavy atom. The summed E-state index contributed by atoms with van der Waals surface area (Å²) < 4.78 is 8.34. The normalized spacial score (nSPS) is 25.4. The summed E-state index contributed by atoms with van der Waals surface area (Å²) in [5.74, 6) is 1.62. The Balaban J connectivity index is 1.07. The van der Waals surface area contributed by atoms with Crippen LogP contribution in [0.5, 0.6) is 0 Å². The second-order valence-corrected chi connectivity index (χ2v) is 12.7. The van der Waals surface area contributed by atoms with E-state index in [0.717, 1.165) is 61.2 Å². The first-order chi connectivity index (χ1) is 21.7. The van der Waals surface area contributed by atoms with E-state index in [2.05, 4.69) is 30.1 Å². The summed E-state index contributed by atoms with van der Waals surface area (Å²) in [6.45, 7) is 4.18. The summed E-state index contributed by atoms with van der Waals surface area (Å²) in [4.78, 5) is 31.9. The zero-order valence-electron chi connectivity index (χ0n) is 24.9. The number of hydrogen-bond donors (Lipinski definition) is 2.